The number of allylic oxidation sites excluding steroid dienone is 3. The smallest absolute Gasteiger partial charge is 0.328 e. The van der Waals surface area contributed by atoms with Crippen molar-refractivity contribution in [2.75, 3.05) is 0 Å². The van der Waals surface area contributed by atoms with Crippen LogP contribution >= 0.6 is 0 Å². The molecule has 2 nitrogen and oxygen atoms in total. The molecule has 0 fully saturated rings. The SMILES string of the molecule is O=C(O)C=CC=CCCCCCCc1ccccc1. The summed E-state index contributed by atoms with van der Waals surface area (Å²) in [6.45, 7) is 0. The Morgan fingerprint density at radius 1 is 1.00 bits per heavy atom. The maximum atomic E-state index is 10.2. The molecule has 0 aliphatic rings. The summed E-state index contributed by atoms with van der Waals surface area (Å²) < 4.78 is 0. The number of carboxylic acids is 1. The summed E-state index contributed by atoms with van der Waals surface area (Å²) in [5.74, 6) is -0.898. The van der Waals surface area contributed by atoms with Gasteiger partial charge in [0.05, 0.1) is 0 Å². The molecule has 0 aliphatic heterocycles. The third-order valence-electron chi connectivity index (χ3n) is 2.92. The van der Waals surface area contributed by atoms with Crippen LogP contribution in [0.5, 0.6) is 0 Å². The van der Waals surface area contributed by atoms with E-state index in [1.165, 1.54) is 31.2 Å². The summed E-state index contributed by atoms with van der Waals surface area (Å²) in [6.07, 6.45) is 13.6. The number of carbonyl (C=O) groups is 1. The molecule has 0 heterocycles. The highest BCUT2D eigenvalue weighted by molar-refractivity contribution is 5.80. The monoisotopic (exact) mass is 258 g/mol. The zero-order chi connectivity index (χ0) is 13.8. The zero-order valence-electron chi connectivity index (χ0n) is 11.3. The Bertz CT molecular complexity index is 405. The summed E-state index contributed by atoms with van der Waals surface area (Å²) in [5.41, 5.74) is 1.42. The second-order valence-electron chi connectivity index (χ2n) is 4.56. The van der Waals surface area contributed by atoms with E-state index in [4.69, 9.17) is 5.11 Å². The number of rotatable bonds is 9. The van der Waals surface area contributed by atoms with Gasteiger partial charge in [-0.2, -0.15) is 0 Å². The van der Waals surface area contributed by atoms with Gasteiger partial charge in [0.1, 0.15) is 0 Å². The second-order valence-corrected chi connectivity index (χ2v) is 4.56. The molecule has 0 radical (unpaired) electrons. The van der Waals surface area contributed by atoms with Crippen LogP contribution in [0.3, 0.4) is 0 Å². The van der Waals surface area contributed by atoms with Crippen molar-refractivity contribution in [3.8, 4) is 0 Å². The average molecular weight is 258 g/mol. The molecular weight excluding hydrogens is 236 g/mol. The molecule has 0 aliphatic carbocycles. The minimum absolute atomic E-state index is 0.898. The van der Waals surface area contributed by atoms with E-state index in [9.17, 15) is 4.79 Å². The van der Waals surface area contributed by atoms with Crippen LogP contribution < -0.4 is 0 Å². The Labute approximate surface area is 115 Å². The highest BCUT2D eigenvalue weighted by atomic mass is 16.4. The minimum atomic E-state index is -0.898. The standard InChI is InChI=1S/C17H22O2/c18-17(19)15-11-6-4-2-1-3-5-8-12-16-13-9-7-10-14-16/h4,6-7,9-11,13-15H,1-3,5,8,12H2,(H,18,19). The van der Waals surface area contributed by atoms with Gasteiger partial charge in [0, 0.05) is 6.08 Å². The normalized spacial score (nSPS) is 11.4. The maximum absolute atomic E-state index is 10.2. The van der Waals surface area contributed by atoms with Crippen LogP contribution in [-0.2, 0) is 11.2 Å². The van der Waals surface area contributed by atoms with E-state index in [2.05, 4.69) is 30.3 Å². The molecule has 1 aromatic carbocycles. The van der Waals surface area contributed by atoms with Crippen LogP contribution in [0.2, 0.25) is 0 Å². The van der Waals surface area contributed by atoms with Crippen LogP contribution in [0, 0.1) is 0 Å². The third kappa shape index (κ3) is 8.83. The summed E-state index contributed by atoms with van der Waals surface area (Å²) in [6, 6.07) is 10.6. The molecule has 0 bridgehead atoms. The van der Waals surface area contributed by atoms with E-state index in [1.54, 1.807) is 12.2 Å². The van der Waals surface area contributed by atoms with Gasteiger partial charge in [-0.15, -0.1) is 0 Å². The van der Waals surface area contributed by atoms with Gasteiger partial charge < -0.3 is 5.11 Å². The molecule has 0 unspecified atom stereocenters. The quantitative estimate of drug-likeness (QED) is 0.405. The highest BCUT2D eigenvalue weighted by Crippen LogP contribution is 2.08. The van der Waals surface area contributed by atoms with Gasteiger partial charge >= 0.3 is 5.97 Å². The van der Waals surface area contributed by atoms with Crippen molar-refractivity contribution in [1.29, 1.82) is 0 Å². The maximum Gasteiger partial charge on any atom is 0.328 e. The summed E-state index contributed by atoms with van der Waals surface area (Å²) in [4.78, 5) is 10.2. The van der Waals surface area contributed by atoms with Crippen molar-refractivity contribution in [3.05, 3.63) is 60.2 Å². The van der Waals surface area contributed by atoms with E-state index in [-0.39, 0.29) is 0 Å². The van der Waals surface area contributed by atoms with Gasteiger partial charge in [0.2, 0.25) is 0 Å². The first-order valence-electron chi connectivity index (χ1n) is 6.89. The highest BCUT2D eigenvalue weighted by Gasteiger charge is 1.92. The molecule has 1 aromatic rings. The topological polar surface area (TPSA) is 37.3 Å². The summed E-state index contributed by atoms with van der Waals surface area (Å²) >= 11 is 0. The van der Waals surface area contributed by atoms with Gasteiger partial charge in [-0.05, 0) is 31.2 Å². The largest absolute Gasteiger partial charge is 0.478 e. The minimum Gasteiger partial charge on any atom is -0.478 e. The molecule has 2 heteroatoms. The molecule has 0 saturated heterocycles. The van der Waals surface area contributed by atoms with Gasteiger partial charge in [0.25, 0.3) is 0 Å². The van der Waals surface area contributed by atoms with Crippen LogP contribution in [0.25, 0.3) is 0 Å². The van der Waals surface area contributed by atoms with Crippen molar-refractivity contribution in [3.63, 3.8) is 0 Å². The van der Waals surface area contributed by atoms with E-state index in [1.807, 2.05) is 6.08 Å². The number of aryl methyl sites for hydroxylation is 1. The van der Waals surface area contributed by atoms with E-state index < -0.39 is 5.97 Å². The summed E-state index contributed by atoms with van der Waals surface area (Å²) in [7, 11) is 0. The number of unbranched alkanes of at least 4 members (excludes halogenated alkanes) is 4. The van der Waals surface area contributed by atoms with Gasteiger partial charge in [-0.3, -0.25) is 0 Å². The van der Waals surface area contributed by atoms with Gasteiger partial charge in [-0.1, -0.05) is 61.4 Å². The van der Waals surface area contributed by atoms with Crippen LogP contribution in [0.4, 0.5) is 0 Å². The lowest BCUT2D eigenvalue weighted by molar-refractivity contribution is -0.131. The fraction of sp³-hybridized carbons (Fsp3) is 0.353. The Balaban J connectivity index is 1.96. The lowest BCUT2D eigenvalue weighted by Gasteiger charge is -2.00. The molecule has 0 spiro atoms. The molecular formula is C17H22O2. The van der Waals surface area contributed by atoms with Crippen molar-refractivity contribution in [2.24, 2.45) is 0 Å². The predicted molar refractivity (Wildman–Crippen MR) is 79.1 cm³/mol. The number of hydrogen-bond donors (Lipinski definition) is 1. The molecule has 102 valence electrons. The van der Waals surface area contributed by atoms with Crippen LogP contribution in [-0.4, -0.2) is 11.1 Å². The first kappa shape index (κ1) is 15.2. The van der Waals surface area contributed by atoms with Crippen molar-refractivity contribution in [2.45, 2.75) is 38.5 Å². The third-order valence-corrected chi connectivity index (χ3v) is 2.92. The Morgan fingerprint density at radius 2 is 1.74 bits per heavy atom. The molecule has 0 aromatic heterocycles. The Kier molecular flexibility index (Phi) is 8.12. The lowest BCUT2D eigenvalue weighted by atomic mass is 10.1. The number of carboxylic acid groups (broad SMARTS) is 1. The number of aliphatic carboxylic acids is 1. The Hall–Kier alpha value is -1.83. The lowest BCUT2D eigenvalue weighted by Crippen LogP contribution is -1.85. The van der Waals surface area contributed by atoms with Crippen LogP contribution in [0.1, 0.15) is 37.7 Å². The Morgan fingerprint density at radius 3 is 2.47 bits per heavy atom. The van der Waals surface area contributed by atoms with Crippen molar-refractivity contribution < 1.29 is 9.90 Å². The predicted octanol–water partition coefficient (Wildman–Crippen LogP) is 4.38. The van der Waals surface area contributed by atoms with E-state index >= 15 is 0 Å². The fourth-order valence-corrected chi connectivity index (χ4v) is 1.90. The first-order chi connectivity index (χ1) is 9.29. The fourth-order valence-electron chi connectivity index (χ4n) is 1.90. The summed E-state index contributed by atoms with van der Waals surface area (Å²) in [5, 5.41) is 8.39. The van der Waals surface area contributed by atoms with Crippen LogP contribution in [0.15, 0.2) is 54.6 Å². The second kappa shape index (κ2) is 10.1. The van der Waals surface area contributed by atoms with E-state index in [0.29, 0.717) is 0 Å². The molecule has 1 rings (SSSR count). The first-order valence-corrected chi connectivity index (χ1v) is 6.89. The number of benzene rings is 1. The molecule has 19 heavy (non-hydrogen) atoms. The van der Waals surface area contributed by atoms with E-state index in [0.717, 1.165) is 18.9 Å². The molecule has 1 N–H and O–H groups in total. The van der Waals surface area contributed by atoms with Gasteiger partial charge in [-0.25, -0.2) is 4.79 Å². The average Bonchev–Trinajstić information content (AvgIpc) is 2.42. The molecule has 0 atom stereocenters. The molecule has 0 saturated carbocycles. The molecule has 0 amide bonds. The number of hydrogen-bond acceptors (Lipinski definition) is 1. The zero-order valence-corrected chi connectivity index (χ0v) is 11.3. The van der Waals surface area contributed by atoms with Gasteiger partial charge in [0.15, 0.2) is 0 Å². The van der Waals surface area contributed by atoms with Crippen molar-refractivity contribution >= 4 is 5.97 Å². The van der Waals surface area contributed by atoms with Crippen molar-refractivity contribution in [1.82, 2.24) is 0 Å².